The van der Waals surface area contributed by atoms with Gasteiger partial charge in [-0.15, -0.1) is 0 Å². The Balaban J connectivity index is 2.03. The highest BCUT2D eigenvalue weighted by atomic mass is 16.4. The number of carbonyl (C=O) groups excluding carboxylic acids is 2. The van der Waals surface area contributed by atoms with Gasteiger partial charge in [0, 0.05) is 13.0 Å². The summed E-state index contributed by atoms with van der Waals surface area (Å²) in [5.74, 6) is -1.32. The third-order valence-electron chi connectivity index (χ3n) is 5.32. The summed E-state index contributed by atoms with van der Waals surface area (Å²) in [4.78, 5) is 36.4. The molecule has 0 bridgehead atoms. The Labute approximate surface area is 137 Å². The Morgan fingerprint density at radius 1 is 1.00 bits per heavy atom. The molecule has 0 spiro atoms. The molecule has 3 N–H and O–H groups in total. The second-order valence-corrected chi connectivity index (χ2v) is 7.06. The van der Waals surface area contributed by atoms with Gasteiger partial charge in [0.25, 0.3) is 0 Å². The number of hydrogen-bond acceptors (Lipinski definition) is 3. The molecular weight excluding hydrogens is 296 g/mol. The maximum atomic E-state index is 12.6. The number of carboxylic acid groups (broad SMARTS) is 1. The topological polar surface area (TPSA) is 95.5 Å². The van der Waals surface area contributed by atoms with Crippen molar-refractivity contribution in [2.45, 2.75) is 76.7 Å². The third kappa shape index (κ3) is 3.85. The number of rotatable bonds is 7. The Bertz CT molecular complexity index is 465. The summed E-state index contributed by atoms with van der Waals surface area (Å²) in [5, 5.41) is 15.2. The molecule has 130 valence electrons. The lowest BCUT2D eigenvalue weighted by Gasteiger charge is -2.40. The van der Waals surface area contributed by atoms with Crippen LogP contribution in [0.1, 0.15) is 71.1 Å². The number of amides is 2. The van der Waals surface area contributed by atoms with Crippen molar-refractivity contribution in [1.29, 1.82) is 0 Å². The molecule has 2 saturated carbocycles. The number of hydrogen-bond donors (Lipinski definition) is 3. The van der Waals surface area contributed by atoms with E-state index in [2.05, 4.69) is 10.6 Å². The van der Waals surface area contributed by atoms with E-state index in [1.54, 1.807) is 0 Å². The fourth-order valence-electron chi connectivity index (χ4n) is 3.66. The van der Waals surface area contributed by atoms with Crippen molar-refractivity contribution in [3.8, 4) is 0 Å². The number of carboxylic acids is 1. The molecule has 0 aromatic carbocycles. The number of nitrogens with one attached hydrogen (secondary N) is 2. The first-order chi connectivity index (χ1) is 10.9. The summed E-state index contributed by atoms with van der Waals surface area (Å²) >= 11 is 0. The molecule has 23 heavy (non-hydrogen) atoms. The van der Waals surface area contributed by atoms with Crippen molar-refractivity contribution in [3.05, 3.63) is 0 Å². The average molecular weight is 324 g/mol. The van der Waals surface area contributed by atoms with E-state index < -0.39 is 16.9 Å². The molecule has 0 aliphatic heterocycles. The molecule has 2 fully saturated rings. The highest BCUT2D eigenvalue weighted by Gasteiger charge is 2.48. The van der Waals surface area contributed by atoms with Crippen LogP contribution in [-0.2, 0) is 14.4 Å². The molecule has 0 aromatic rings. The minimum absolute atomic E-state index is 0.0227. The SMILES string of the molecule is CCCNC(=O)C1(NC(=O)CC2(C(=O)O)CCC2)CCCCC1. The van der Waals surface area contributed by atoms with Crippen molar-refractivity contribution >= 4 is 17.8 Å². The minimum Gasteiger partial charge on any atom is -0.481 e. The molecule has 2 rings (SSSR count). The van der Waals surface area contributed by atoms with Gasteiger partial charge in [-0.3, -0.25) is 14.4 Å². The molecule has 0 radical (unpaired) electrons. The van der Waals surface area contributed by atoms with Crippen molar-refractivity contribution < 1.29 is 19.5 Å². The zero-order chi connectivity index (χ0) is 16.9. The van der Waals surface area contributed by atoms with Gasteiger partial charge in [-0.05, 0) is 32.1 Å². The van der Waals surface area contributed by atoms with Gasteiger partial charge in [0.2, 0.25) is 11.8 Å². The van der Waals surface area contributed by atoms with E-state index in [0.717, 1.165) is 32.1 Å². The van der Waals surface area contributed by atoms with E-state index >= 15 is 0 Å². The van der Waals surface area contributed by atoms with Gasteiger partial charge in [0.1, 0.15) is 5.54 Å². The van der Waals surface area contributed by atoms with Crippen LogP contribution in [0.3, 0.4) is 0 Å². The Morgan fingerprint density at radius 2 is 1.65 bits per heavy atom. The first-order valence-electron chi connectivity index (χ1n) is 8.77. The van der Waals surface area contributed by atoms with Crippen LogP contribution in [0.4, 0.5) is 0 Å². The van der Waals surface area contributed by atoms with Crippen LogP contribution in [0.25, 0.3) is 0 Å². The molecule has 0 heterocycles. The smallest absolute Gasteiger partial charge is 0.310 e. The monoisotopic (exact) mass is 324 g/mol. The summed E-state index contributed by atoms with van der Waals surface area (Å²) in [5.41, 5.74) is -1.77. The highest BCUT2D eigenvalue weighted by Crippen LogP contribution is 2.44. The first-order valence-corrected chi connectivity index (χ1v) is 8.77. The predicted octanol–water partition coefficient (Wildman–Crippen LogP) is 1.98. The lowest BCUT2D eigenvalue weighted by molar-refractivity contribution is -0.158. The van der Waals surface area contributed by atoms with Gasteiger partial charge in [0.15, 0.2) is 0 Å². The van der Waals surface area contributed by atoms with Crippen LogP contribution < -0.4 is 10.6 Å². The zero-order valence-electron chi connectivity index (χ0n) is 14.0. The maximum Gasteiger partial charge on any atom is 0.310 e. The van der Waals surface area contributed by atoms with Crippen LogP contribution in [-0.4, -0.2) is 35.0 Å². The molecule has 6 nitrogen and oxygen atoms in total. The van der Waals surface area contributed by atoms with E-state index in [9.17, 15) is 19.5 Å². The van der Waals surface area contributed by atoms with Crippen molar-refractivity contribution in [1.82, 2.24) is 10.6 Å². The largest absolute Gasteiger partial charge is 0.481 e. The minimum atomic E-state index is -0.917. The second kappa shape index (κ2) is 7.32. The summed E-state index contributed by atoms with van der Waals surface area (Å²) in [6.45, 7) is 2.58. The summed E-state index contributed by atoms with van der Waals surface area (Å²) in [6.07, 6.45) is 6.91. The molecule has 0 aromatic heterocycles. The van der Waals surface area contributed by atoms with Crippen molar-refractivity contribution in [3.63, 3.8) is 0 Å². The molecule has 0 saturated heterocycles. The van der Waals surface area contributed by atoms with Gasteiger partial charge in [-0.1, -0.05) is 32.6 Å². The Kier molecular flexibility index (Phi) is 5.65. The van der Waals surface area contributed by atoms with Crippen LogP contribution in [0.2, 0.25) is 0 Å². The first kappa shape index (κ1) is 17.8. The van der Waals surface area contributed by atoms with E-state index in [1.807, 2.05) is 6.92 Å². The lowest BCUT2D eigenvalue weighted by Crippen LogP contribution is -2.60. The molecular formula is C17H28N2O4. The predicted molar refractivity (Wildman–Crippen MR) is 85.8 cm³/mol. The molecule has 2 amide bonds. The molecule has 2 aliphatic carbocycles. The van der Waals surface area contributed by atoms with E-state index in [0.29, 0.717) is 32.2 Å². The molecule has 0 atom stereocenters. The average Bonchev–Trinajstić information content (AvgIpc) is 2.49. The van der Waals surface area contributed by atoms with E-state index in [-0.39, 0.29) is 18.2 Å². The van der Waals surface area contributed by atoms with Crippen LogP contribution >= 0.6 is 0 Å². The van der Waals surface area contributed by atoms with Gasteiger partial charge >= 0.3 is 5.97 Å². The summed E-state index contributed by atoms with van der Waals surface area (Å²) in [6, 6.07) is 0. The van der Waals surface area contributed by atoms with Crippen molar-refractivity contribution in [2.75, 3.05) is 6.54 Å². The van der Waals surface area contributed by atoms with Gasteiger partial charge in [-0.2, -0.15) is 0 Å². The fourth-order valence-corrected chi connectivity index (χ4v) is 3.66. The molecule has 2 aliphatic rings. The van der Waals surface area contributed by atoms with Gasteiger partial charge < -0.3 is 15.7 Å². The van der Waals surface area contributed by atoms with Crippen LogP contribution in [0, 0.1) is 5.41 Å². The van der Waals surface area contributed by atoms with E-state index in [4.69, 9.17) is 0 Å². The highest BCUT2D eigenvalue weighted by molar-refractivity contribution is 5.93. The maximum absolute atomic E-state index is 12.6. The van der Waals surface area contributed by atoms with Crippen LogP contribution in [0.5, 0.6) is 0 Å². The number of carbonyl (C=O) groups is 3. The van der Waals surface area contributed by atoms with Gasteiger partial charge in [-0.25, -0.2) is 0 Å². The normalized spacial score (nSPS) is 21.8. The number of aliphatic carboxylic acids is 1. The zero-order valence-corrected chi connectivity index (χ0v) is 14.0. The summed E-state index contributed by atoms with van der Waals surface area (Å²) in [7, 11) is 0. The lowest BCUT2D eigenvalue weighted by atomic mass is 9.66. The molecule has 6 heteroatoms. The van der Waals surface area contributed by atoms with Crippen molar-refractivity contribution in [2.24, 2.45) is 5.41 Å². The summed E-state index contributed by atoms with van der Waals surface area (Å²) < 4.78 is 0. The van der Waals surface area contributed by atoms with Crippen LogP contribution in [0.15, 0.2) is 0 Å². The standard InChI is InChI=1S/C17H28N2O4/c1-2-11-18-14(21)17(9-4-3-5-10-17)19-13(20)12-16(15(22)23)7-6-8-16/h2-12H2,1H3,(H,18,21)(H,19,20)(H,22,23). The Morgan fingerprint density at radius 3 is 2.13 bits per heavy atom. The quantitative estimate of drug-likeness (QED) is 0.667. The third-order valence-corrected chi connectivity index (χ3v) is 5.32. The second-order valence-electron chi connectivity index (χ2n) is 7.06. The Hall–Kier alpha value is -1.59. The van der Waals surface area contributed by atoms with E-state index in [1.165, 1.54) is 0 Å². The molecule has 0 unspecified atom stereocenters. The van der Waals surface area contributed by atoms with Gasteiger partial charge in [0.05, 0.1) is 5.41 Å². The fraction of sp³-hybridized carbons (Fsp3) is 0.824.